The minimum absolute atomic E-state index is 0.463. The molecule has 0 bridgehead atoms. The van der Waals surface area contributed by atoms with E-state index in [1.807, 2.05) is 30.5 Å². The molecule has 2 nitrogen and oxygen atoms in total. The minimum Gasteiger partial charge on any atom is -0.493 e. The average Bonchev–Trinajstić information content (AvgIpc) is 2.53. The first-order valence-corrected chi connectivity index (χ1v) is 3.90. The van der Waals surface area contributed by atoms with Crippen LogP contribution in [0.15, 0.2) is 30.5 Å². The van der Waals surface area contributed by atoms with Crippen LogP contribution in [-0.4, -0.2) is 11.6 Å². The van der Waals surface area contributed by atoms with Crippen LogP contribution in [0.5, 0.6) is 5.75 Å². The van der Waals surface area contributed by atoms with Crippen molar-refractivity contribution in [1.29, 1.82) is 0 Å². The normalized spacial score (nSPS) is 10.4. The van der Waals surface area contributed by atoms with Gasteiger partial charge in [-0.3, -0.25) is 0 Å². The van der Waals surface area contributed by atoms with E-state index >= 15 is 0 Å². The molecular formula is C10H10NO. The first kappa shape index (κ1) is 7.22. The molecule has 1 radical (unpaired) electrons. The van der Waals surface area contributed by atoms with Crippen molar-refractivity contribution in [2.75, 3.05) is 6.61 Å². The smallest absolute Gasteiger partial charge is 0.128 e. The molecule has 1 aromatic heterocycles. The number of hydrogen-bond acceptors (Lipinski definition) is 1. The van der Waals surface area contributed by atoms with Crippen molar-refractivity contribution < 1.29 is 4.74 Å². The predicted molar refractivity (Wildman–Crippen MR) is 49.2 cm³/mol. The van der Waals surface area contributed by atoms with Crippen LogP contribution in [0.2, 0.25) is 0 Å². The second-order valence-corrected chi connectivity index (χ2v) is 2.54. The van der Waals surface area contributed by atoms with Gasteiger partial charge in [0.05, 0.1) is 6.61 Å². The topological polar surface area (TPSA) is 25.0 Å². The highest BCUT2D eigenvalue weighted by molar-refractivity contribution is 5.85. The molecule has 0 unspecified atom stereocenters. The molecule has 1 heterocycles. The largest absolute Gasteiger partial charge is 0.493 e. The van der Waals surface area contributed by atoms with E-state index in [2.05, 4.69) is 11.9 Å². The third kappa shape index (κ3) is 1.05. The molecule has 0 aliphatic heterocycles. The lowest BCUT2D eigenvalue weighted by Crippen LogP contribution is -1.91. The Balaban J connectivity index is 2.57. The fourth-order valence-corrected chi connectivity index (χ4v) is 1.29. The summed E-state index contributed by atoms with van der Waals surface area (Å²) in [5.74, 6) is 0.892. The summed E-state index contributed by atoms with van der Waals surface area (Å²) < 4.78 is 5.35. The number of benzene rings is 1. The van der Waals surface area contributed by atoms with Crippen LogP contribution in [0.25, 0.3) is 10.9 Å². The van der Waals surface area contributed by atoms with Gasteiger partial charge < -0.3 is 9.72 Å². The van der Waals surface area contributed by atoms with Crippen molar-refractivity contribution in [1.82, 2.24) is 4.98 Å². The maximum absolute atomic E-state index is 5.35. The molecule has 0 spiro atoms. The molecule has 1 aromatic carbocycles. The monoisotopic (exact) mass is 160 g/mol. The van der Waals surface area contributed by atoms with Crippen LogP contribution in [0.4, 0.5) is 0 Å². The SMILES string of the molecule is [CH2]COc1cccc2[nH]ccc12. The van der Waals surface area contributed by atoms with Crippen LogP contribution in [0.1, 0.15) is 0 Å². The molecule has 0 fully saturated rings. The molecule has 2 heteroatoms. The first-order chi connectivity index (χ1) is 5.92. The van der Waals surface area contributed by atoms with Gasteiger partial charge in [0, 0.05) is 17.1 Å². The number of fused-ring (bicyclic) bond motifs is 1. The number of aromatic amines is 1. The van der Waals surface area contributed by atoms with Gasteiger partial charge in [-0.05, 0) is 25.1 Å². The summed E-state index contributed by atoms with van der Waals surface area (Å²) >= 11 is 0. The Bertz CT molecular complexity index is 378. The Kier molecular flexibility index (Phi) is 1.74. The predicted octanol–water partition coefficient (Wildman–Crippen LogP) is 2.38. The number of nitrogens with one attached hydrogen (secondary N) is 1. The van der Waals surface area contributed by atoms with Crippen molar-refractivity contribution in [3.8, 4) is 5.75 Å². The third-order valence-electron chi connectivity index (χ3n) is 1.81. The molecule has 0 atom stereocenters. The van der Waals surface area contributed by atoms with Gasteiger partial charge in [-0.15, -0.1) is 0 Å². The fraction of sp³-hybridized carbons (Fsp3) is 0.100. The van der Waals surface area contributed by atoms with E-state index in [4.69, 9.17) is 4.74 Å². The maximum atomic E-state index is 5.35. The Hall–Kier alpha value is -1.44. The fourth-order valence-electron chi connectivity index (χ4n) is 1.29. The summed E-state index contributed by atoms with van der Waals surface area (Å²) in [7, 11) is 0. The molecule has 0 saturated carbocycles. The minimum atomic E-state index is 0.463. The quantitative estimate of drug-likeness (QED) is 0.716. The van der Waals surface area contributed by atoms with E-state index in [0.717, 1.165) is 16.7 Å². The second-order valence-electron chi connectivity index (χ2n) is 2.54. The third-order valence-corrected chi connectivity index (χ3v) is 1.81. The summed E-state index contributed by atoms with van der Waals surface area (Å²) in [6, 6.07) is 7.93. The molecule has 2 aromatic rings. The number of H-pyrrole nitrogens is 1. The number of hydrogen-bond donors (Lipinski definition) is 1. The maximum Gasteiger partial charge on any atom is 0.128 e. The molecule has 0 aliphatic rings. The summed E-state index contributed by atoms with van der Waals surface area (Å²) in [5.41, 5.74) is 1.10. The van der Waals surface area contributed by atoms with E-state index in [1.165, 1.54) is 0 Å². The first-order valence-electron chi connectivity index (χ1n) is 3.90. The van der Waals surface area contributed by atoms with Crippen molar-refractivity contribution in [2.24, 2.45) is 0 Å². The molecule has 12 heavy (non-hydrogen) atoms. The summed E-state index contributed by atoms with van der Waals surface area (Å²) in [4.78, 5) is 3.12. The van der Waals surface area contributed by atoms with Gasteiger partial charge in [-0.25, -0.2) is 0 Å². The molecule has 0 aliphatic carbocycles. The van der Waals surface area contributed by atoms with E-state index in [1.54, 1.807) is 0 Å². The highest BCUT2D eigenvalue weighted by Gasteiger charge is 1.99. The van der Waals surface area contributed by atoms with Crippen LogP contribution in [0.3, 0.4) is 0 Å². The van der Waals surface area contributed by atoms with Crippen LogP contribution in [0, 0.1) is 6.92 Å². The van der Waals surface area contributed by atoms with Gasteiger partial charge in [-0.1, -0.05) is 6.07 Å². The highest BCUT2D eigenvalue weighted by atomic mass is 16.5. The Morgan fingerprint density at radius 2 is 2.25 bits per heavy atom. The Morgan fingerprint density at radius 1 is 1.33 bits per heavy atom. The van der Waals surface area contributed by atoms with Gasteiger partial charge in [0.2, 0.25) is 0 Å². The second kappa shape index (κ2) is 2.89. The van der Waals surface area contributed by atoms with Crippen LogP contribution >= 0.6 is 0 Å². The zero-order valence-electron chi connectivity index (χ0n) is 6.71. The lowest BCUT2D eigenvalue weighted by Gasteiger charge is -2.02. The highest BCUT2D eigenvalue weighted by Crippen LogP contribution is 2.23. The van der Waals surface area contributed by atoms with Crippen molar-refractivity contribution in [3.05, 3.63) is 37.4 Å². The van der Waals surface area contributed by atoms with Gasteiger partial charge in [0.15, 0.2) is 0 Å². The molecular weight excluding hydrogens is 150 g/mol. The van der Waals surface area contributed by atoms with Gasteiger partial charge in [0.25, 0.3) is 0 Å². The molecule has 61 valence electrons. The van der Waals surface area contributed by atoms with Crippen molar-refractivity contribution in [2.45, 2.75) is 0 Å². The molecule has 0 amide bonds. The van der Waals surface area contributed by atoms with Gasteiger partial charge in [0.1, 0.15) is 5.75 Å². The molecule has 1 N–H and O–H groups in total. The standard InChI is InChI=1S/C10H10NO/c1-2-12-10-5-3-4-9-8(10)6-7-11-9/h3-7,11H,1-2H2. The van der Waals surface area contributed by atoms with E-state index in [9.17, 15) is 0 Å². The summed E-state index contributed by atoms with van der Waals surface area (Å²) in [6.45, 7) is 4.10. The summed E-state index contributed by atoms with van der Waals surface area (Å²) in [5, 5.41) is 1.11. The molecule has 0 saturated heterocycles. The van der Waals surface area contributed by atoms with Gasteiger partial charge >= 0.3 is 0 Å². The lowest BCUT2D eigenvalue weighted by atomic mass is 10.2. The Morgan fingerprint density at radius 3 is 3.08 bits per heavy atom. The van der Waals surface area contributed by atoms with E-state index in [0.29, 0.717) is 6.61 Å². The van der Waals surface area contributed by atoms with E-state index in [-0.39, 0.29) is 0 Å². The van der Waals surface area contributed by atoms with Crippen molar-refractivity contribution >= 4 is 10.9 Å². The lowest BCUT2D eigenvalue weighted by molar-refractivity contribution is 0.365. The number of rotatable bonds is 2. The number of ether oxygens (including phenoxy) is 1. The zero-order chi connectivity index (χ0) is 8.39. The molecule has 2 rings (SSSR count). The average molecular weight is 160 g/mol. The van der Waals surface area contributed by atoms with Gasteiger partial charge in [-0.2, -0.15) is 0 Å². The number of aromatic nitrogens is 1. The summed E-state index contributed by atoms with van der Waals surface area (Å²) in [6.07, 6.45) is 1.90. The van der Waals surface area contributed by atoms with Crippen LogP contribution < -0.4 is 4.74 Å². The van der Waals surface area contributed by atoms with Crippen molar-refractivity contribution in [3.63, 3.8) is 0 Å². The zero-order valence-corrected chi connectivity index (χ0v) is 6.71. The van der Waals surface area contributed by atoms with Crippen LogP contribution in [-0.2, 0) is 0 Å². The Labute approximate surface area is 71.2 Å². The van der Waals surface area contributed by atoms with E-state index < -0.39 is 0 Å².